The third-order valence-corrected chi connectivity index (χ3v) is 3.54. The molecular weight excluding hydrogens is 265 g/mol. The summed E-state index contributed by atoms with van der Waals surface area (Å²) in [5.74, 6) is -0.465. The maximum absolute atomic E-state index is 14.0. The van der Waals surface area contributed by atoms with Crippen molar-refractivity contribution in [2.45, 2.75) is 12.5 Å². The van der Waals surface area contributed by atoms with Crippen molar-refractivity contribution in [3.05, 3.63) is 39.7 Å². The van der Waals surface area contributed by atoms with Crippen LogP contribution in [-0.4, -0.2) is 47.7 Å². The average molecular weight is 283 g/mol. The lowest BCUT2D eigenvalue weighted by atomic mass is 10.00. The van der Waals surface area contributed by atoms with Gasteiger partial charge < -0.3 is 10.4 Å². The number of hydrogen-bond acceptors (Lipinski definition) is 5. The molecule has 0 saturated carbocycles. The fraction of sp³-hybridized carbons (Fsp3) is 0.538. The molecule has 2 rings (SSSR count). The number of benzene rings is 1. The Balaban J connectivity index is 2.31. The van der Waals surface area contributed by atoms with Crippen molar-refractivity contribution in [2.24, 2.45) is 0 Å². The van der Waals surface area contributed by atoms with E-state index in [0.29, 0.717) is 6.42 Å². The lowest BCUT2D eigenvalue weighted by molar-refractivity contribution is -0.385. The van der Waals surface area contributed by atoms with Gasteiger partial charge in [-0.3, -0.25) is 15.0 Å². The number of rotatable bonds is 5. The van der Waals surface area contributed by atoms with E-state index >= 15 is 0 Å². The molecule has 110 valence electrons. The van der Waals surface area contributed by atoms with Crippen molar-refractivity contribution in [3.8, 4) is 0 Å². The molecule has 1 heterocycles. The maximum Gasteiger partial charge on any atom is 0.269 e. The van der Waals surface area contributed by atoms with Crippen LogP contribution in [0.25, 0.3) is 0 Å². The highest BCUT2D eigenvalue weighted by atomic mass is 19.1. The van der Waals surface area contributed by atoms with Crippen LogP contribution in [-0.2, 0) is 0 Å². The number of non-ortho nitro benzene ring substituents is 1. The van der Waals surface area contributed by atoms with Gasteiger partial charge in [-0.05, 0) is 12.5 Å². The Bertz CT molecular complexity index is 478. The first-order chi connectivity index (χ1) is 9.63. The monoisotopic (exact) mass is 283 g/mol. The minimum absolute atomic E-state index is 0.0866. The van der Waals surface area contributed by atoms with E-state index < -0.39 is 10.7 Å². The van der Waals surface area contributed by atoms with E-state index in [1.165, 1.54) is 6.07 Å². The molecule has 1 aliphatic rings. The predicted molar refractivity (Wildman–Crippen MR) is 71.9 cm³/mol. The van der Waals surface area contributed by atoms with Gasteiger partial charge in [0.2, 0.25) is 0 Å². The van der Waals surface area contributed by atoms with E-state index in [-0.39, 0.29) is 23.9 Å². The van der Waals surface area contributed by atoms with Crippen molar-refractivity contribution in [1.29, 1.82) is 0 Å². The number of nitrogens with zero attached hydrogens (tertiary/aromatic N) is 2. The van der Waals surface area contributed by atoms with E-state index in [1.807, 2.05) is 0 Å². The molecule has 1 aromatic carbocycles. The first kappa shape index (κ1) is 14.8. The van der Waals surface area contributed by atoms with Gasteiger partial charge in [0.25, 0.3) is 5.69 Å². The summed E-state index contributed by atoms with van der Waals surface area (Å²) in [7, 11) is 0. The number of aliphatic hydroxyl groups excluding tert-OH is 1. The van der Waals surface area contributed by atoms with Gasteiger partial charge in [-0.15, -0.1) is 0 Å². The van der Waals surface area contributed by atoms with E-state index in [4.69, 9.17) is 0 Å². The first-order valence-electron chi connectivity index (χ1n) is 6.63. The second kappa shape index (κ2) is 6.74. The lowest BCUT2D eigenvalue weighted by Gasteiger charge is -2.35. The molecule has 0 radical (unpaired) electrons. The Kier molecular flexibility index (Phi) is 4.99. The standard InChI is InChI=1S/C13H18FN3O3/c14-12-2-1-10(17(19)20)9-11(12)13(3-8-18)16-6-4-15-5-7-16/h1-2,9,13,15,18H,3-8H2/t13-/m1/s1. The Morgan fingerprint density at radius 2 is 2.15 bits per heavy atom. The van der Waals surface area contributed by atoms with Crippen LogP contribution in [0.4, 0.5) is 10.1 Å². The first-order valence-corrected chi connectivity index (χ1v) is 6.63. The summed E-state index contributed by atoms with van der Waals surface area (Å²) < 4.78 is 14.0. The SMILES string of the molecule is O=[N+]([O-])c1ccc(F)c([C@@H](CCO)N2CCNCC2)c1. The average Bonchev–Trinajstić information content (AvgIpc) is 2.46. The van der Waals surface area contributed by atoms with Gasteiger partial charge in [-0.25, -0.2) is 4.39 Å². The van der Waals surface area contributed by atoms with Crippen molar-refractivity contribution in [1.82, 2.24) is 10.2 Å². The molecule has 1 saturated heterocycles. The summed E-state index contributed by atoms with van der Waals surface area (Å²) >= 11 is 0. The van der Waals surface area contributed by atoms with Crippen LogP contribution >= 0.6 is 0 Å². The quantitative estimate of drug-likeness (QED) is 0.624. The summed E-state index contributed by atoms with van der Waals surface area (Å²) in [6.45, 7) is 2.95. The highest BCUT2D eigenvalue weighted by molar-refractivity contribution is 5.37. The van der Waals surface area contributed by atoms with Crippen LogP contribution in [0.5, 0.6) is 0 Å². The zero-order valence-electron chi connectivity index (χ0n) is 11.1. The third-order valence-electron chi connectivity index (χ3n) is 3.54. The van der Waals surface area contributed by atoms with E-state index in [1.54, 1.807) is 0 Å². The molecular formula is C13H18FN3O3. The Hall–Kier alpha value is -1.57. The van der Waals surface area contributed by atoms with Gasteiger partial charge in [0.05, 0.1) is 4.92 Å². The molecule has 0 aliphatic carbocycles. The Labute approximate surface area is 116 Å². The number of aliphatic hydroxyl groups is 1. The van der Waals surface area contributed by atoms with Crippen LogP contribution in [0.3, 0.4) is 0 Å². The van der Waals surface area contributed by atoms with Crippen molar-refractivity contribution in [3.63, 3.8) is 0 Å². The molecule has 1 aromatic rings. The number of halogens is 1. The van der Waals surface area contributed by atoms with Crippen LogP contribution < -0.4 is 5.32 Å². The molecule has 1 atom stereocenters. The number of nitrogens with one attached hydrogen (secondary N) is 1. The molecule has 0 unspecified atom stereocenters. The highest BCUT2D eigenvalue weighted by Gasteiger charge is 2.25. The van der Waals surface area contributed by atoms with E-state index in [0.717, 1.165) is 38.3 Å². The van der Waals surface area contributed by atoms with Gasteiger partial charge in [0, 0.05) is 56.5 Å². The molecule has 1 aliphatic heterocycles. The molecule has 7 heteroatoms. The second-order valence-electron chi connectivity index (χ2n) is 4.78. The topological polar surface area (TPSA) is 78.6 Å². The smallest absolute Gasteiger partial charge is 0.269 e. The van der Waals surface area contributed by atoms with Gasteiger partial charge in [-0.1, -0.05) is 0 Å². The van der Waals surface area contributed by atoms with Crippen LogP contribution in [0.2, 0.25) is 0 Å². The van der Waals surface area contributed by atoms with Gasteiger partial charge >= 0.3 is 0 Å². The summed E-state index contributed by atoms with van der Waals surface area (Å²) in [6, 6.07) is 3.23. The Morgan fingerprint density at radius 3 is 2.75 bits per heavy atom. The van der Waals surface area contributed by atoms with Gasteiger partial charge in [-0.2, -0.15) is 0 Å². The van der Waals surface area contributed by atoms with E-state index in [2.05, 4.69) is 10.2 Å². The number of nitro groups is 1. The highest BCUT2D eigenvalue weighted by Crippen LogP contribution is 2.29. The summed E-state index contributed by atoms with van der Waals surface area (Å²) in [6.07, 6.45) is 0.359. The largest absolute Gasteiger partial charge is 0.396 e. The fourth-order valence-electron chi connectivity index (χ4n) is 2.55. The molecule has 1 fully saturated rings. The summed E-state index contributed by atoms with van der Waals surface area (Å²) in [5.41, 5.74) is 0.162. The van der Waals surface area contributed by atoms with Crippen molar-refractivity contribution >= 4 is 5.69 Å². The van der Waals surface area contributed by atoms with Crippen molar-refractivity contribution in [2.75, 3.05) is 32.8 Å². The Morgan fingerprint density at radius 1 is 1.45 bits per heavy atom. The van der Waals surface area contributed by atoms with Crippen LogP contribution in [0.15, 0.2) is 18.2 Å². The summed E-state index contributed by atoms with van der Waals surface area (Å²) in [5, 5.41) is 23.2. The minimum atomic E-state index is -0.531. The van der Waals surface area contributed by atoms with Gasteiger partial charge in [0.15, 0.2) is 0 Å². The number of piperazine rings is 1. The number of hydrogen-bond donors (Lipinski definition) is 2. The third kappa shape index (κ3) is 3.30. The zero-order chi connectivity index (χ0) is 14.5. The number of nitro benzene ring substituents is 1. The fourth-order valence-corrected chi connectivity index (χ4v) is 2.55. The van der Waals surface area contributed by atoms with Crippen LogP contribution in [0, 0.1) is 15.9 Å². The summed E-state index contributed by atoms with van der Waals surface area (Å²) in [4.78, 5) is 12.4. The van der Waals surface area contributed by atoms with Gasteiger partial charge in [0.1, 0.15) is 5.82 Å². The molecule has 20 heavy (non-hydrogen) atoms. The molecule has 0 amide bonds. The van der Waals surface area contributed by atoms with Crippen LogP contribution in [0.1, 0.15) is 18.0 Å². The van der Waals surface area contributed by atoms with E-state index in [9.17, 15) is 19.6 Å². The lowest BCUT2D eigenvalue weighted by Crippen LogP contribution is -2.45. The predicted octanol–water partition coefficient (Wildman–Crippen LogP) is 1.06. The maximum atomic E-state index is 14.0. The van der Waals surface area contributed by atoms with Crippen molar-refractivity contribution < 1.29 is 14.4 Å². The minimum Gasteiger partial charge on any atom is -0.396 e. The molecule has 6 nitrogen and oxygen atoms in total. The normalized spacial score (nSPS) is 17.9. The molecule has 0 spiro atoms. The second-order valence-corrected chi connectivity index (χ2v) is 4.78. The molecule has 2 N–H and O–H groups in total. The zero-order valence-corrected chi connectivity index (χ0v) is 11.1. The molecule has 0 bridgehead atoms. The molecule has 0 aromatic heterocycles.